The number of fused-ring (bicyclic) bond motifs is 1. The standard InChI is InChI=1S/C17H12O4.ClH/c18-13-3-7-16(20)11(9-13)1-5-15-6-2-12-10-14(19)4-8-17(12)21-15;/h1-10H,(H2-,18,19,20);1H. The molecule has 0 aliphatic rings. The zero-order valence-corrected chi connectivity index (χ0v) is 12.2. The zero-order chi connectivity index (χ0) is 14.8. The number of phenolic OH excluding ortho intramolecular Hbond substituents is 3. The largest absolute Gasteiger partial charge is 1.00 e. The molecule has 0 saturated carbocycles. The van der Waals surface area contributed by atoms with E-state index < -0.39 is 0 Å². The van der Waals surface area contributed by atoms with Gasteiger partial charge in [-0.25, -0.2) is 4.42 Å². The molecule has 5 heteroatoms. The van der Waals surface area contributed by atoms with Gasteiger partial charge in [0.15, 0.2) is 0 Å². The van der Waals surface area contributed by atoms with Gasteiger partial charge < -0.3 is 27.7 Å². The van der Waals surface area contributed by atoms with Crippen molar-refractivity contribution >= 4 is 23.1 Å². The maximum atomic E-state index is 9.69. The fourth-order valence-corrected chi connectivity index (χ4v) is 2.03. The molecule has 0 saturated heterocycles. The van der Waals surface area contributed by atoms with Crippen LogP contribution in [0.1, 0.15) is 11.3 Å². The van der Waals surface area contributed by atoms with Gasteiger partial charge >= 0.3 is 11.3 Å². The van der Waals surface area contributed by atoms with E-state index in [2.05, 4.69) is 0 Å². The maximum absolute atomic E-state index is 9.69. The second-order valence-electron chi connectivity index (χ2n) is 4.64. The highest BCUT2D eigenvalue weighted by molar-refractivity contribution is 5.80. The molecule has 0 amide bonds. The molecule has 112 valence electrons. The third-order valence-corrected chi connectivity index (χ3v) is 3.09. The van der Waals surface area contributed by atoms with Crippen molar-refractivity contribution in [2.45, 2.75) is 0 Å². The molecule has 0 radical (unpaired) electrons. The summed E-state index contributed by atoms with van der Waals surface area (Å²) in [5, 5.41) is 29.3. The lowest BCUT2D eigenvalue weighted by atomic mass is 10.1. The van der Waals surface area contributed by atoms with E-state index in [0.717, 1.165) is 5.39 Å². The monoisotopic (exact) mass is 316 g/mol. The van der Waals surface area contributed by atoms with Gasteiger partial charge in [-0.05, 0) is 42.5 Å². The van der Waals surface area contributed by atoms with Gasteiger partial charge in [0.05, 0.1) is 5.39 Å². The average Bonchev–Trinajstić information content (AvgIpc) is 2.48. The Morgan fingerprint density at radius 3 is 2.32 bits per heavy atom. The fraction of sp³-hybridized carbons (Fsp3) is 0. The molecule has 3 rings (SSSR count). The third kappa shape index (κ3) is 3.30. The lowest BCUT2D eigenvalue weighted by Crippen LogP contribution is -3.00. The van der Waals surface area contributed by atoms with Gasteiger partial charge in [-0.2, -0.15) is 0 Å². The Morgan fingerprint density at radius 1 is 0.773 bits per heavy atom. The summed E-state index contributed by atoms with van der Waals surface area (Å²) in [6.45, 7) is 0. The van der Waals surface area contributed by atoms with Crippen molar-refractivity contribution in [3.8, 4) is 17.2 Å². The smallest absolute Gasteiger partial charge is 0.361 e. The minimum Gasteiger partial charge on any atom is -1.00 e. The number of halogens is 1. The number of phenols is 3. The van der Waals surface area contributed by atoms with Gasteiger partial charge in [0.1, 0.15) is 17.2 Å². The molecule has 1 aromatic heterocycles. The molecule has 0 aliphatic heterocycles. The first-order valence-corrected chi connectivity index (χ1v) is 6.38. The van der Waals surface area contributed by atoms with Crippen LogP contribution in [0.2, 0.25) is 0 Å². The van der Waals surface area contributed by atoms with Crippen LogP contribution in [0, 0.1) is 0 Å². The number of benzene rings is 2. The molecule has 22 heavy (non-hydrogen) atoms. The predicted octanol–water partition coefficient (Wildman–Crippen LogP) is 1.01. The van der Waals surface area contributed by atoms with E-state index >= 15 is 0 Å². The molecular weight excluding hydrogens is 304 g/mol. The van der Waals surface area contributed by atoms with Gasteiger partial charge in [0, 0.05) is 23.8 Å². The van der Waals surface area contributed by atoms with Crippen LogP contribution in [0.4, 0.5) is 0 Å². The number of hydrogen-bond donors (Lipinski definition) is 3. The molecule has 2 aromatic carbocycles. The molecule has 0 bridgehead atoms. The zero-order valence-electron chi connectivity index (χ0n) is 11.4. The molecule has 0 fully saturated rings. The van der Waals surface area contributed by atoms with E-state index in [-0.39, 0.29) is 29.7 Å². The van der Waals surface area contributed by atoms with E-state index in [0.29, 0.717) is 16.9 Å². The van der Waals surface area contributed by atoms with Crippen molar-refractivity contribution < 1.29 is 32.1 Å². The molecule has 3 aromatic rings. The average molecular weight is 317 g/mol. The first-order chi connectivity index (χ1) is 10.1. The van der Waals surface area contributed by atoms with Gasteiger partial charge in [0.2, 0.25) is 0 Å². The lowest BCUT2D eigenvalue weighted by molar-refractivity contribution is -0.00000762. The highest BCUT2D eigenvalue weighted by Gasteiger charge is 2.10. The number of aromatic hydroxyl groups is 3. The first-order valence-electron chi connectivity index (χ1n) is 6.38. The SMILES string of the molecule is Oc1ccc(O)c(C=Cc2ccc3cc(O)ccc3[o+]2)c1.[Cl-]. The van der Waals surface area contributed by atoms with Gasteiger partial charge in [-0.15, -0.1) is 0 Å². The van der Waals surface area contributed by atoms with E-state index in [1.165, 1.54) is 18.2 Å². The summed E-state index contributed by atoms with van der Waals surface area (Å²) in [6.07, 6.45) is 3.35. The summed E-state index contributed by atoms with van der Waals surface area (Å²) in [7, 11) is 0. The van der Waals surface area contributed by atoms with Crippen LogP contribution >= 0.6 is 0 Å². The Kier molecular flexibility index (Phi) is 4.53. The molecule has 0 atom stereocenters. The van der Waals surface area contributed by atoms with E-state index in [9.17, 15) is 15.3 Å². The van der Waals surface area contributed by atoms with Crippen LogP contribution in [0.15, 0.2) is 52.9 Å². The van der Waals surface area contributed by atoms with E-state index in [1.807, 2.05) is 6.07 Å². The van der Waals surface area contributed by atoms with Crippen molar-refractivity contribution in [3.05, 3.63) is 59.9 Å². The van der Waals surface area contributed by atoms with E-state index in [4.69, 9.17) is 4.42 Å². The second kappa shape index (κ2) is 6.37. The minimum absolute atomic E-state index is 0. The lowest BCUT2D eigenvalue weighted by Gasteiger charge is -1.98. The Labute approximate surface area is 133 Å². The highest BCUT2D eigenvalue weighted by atomic mass is 35.5. The quantitative estimate of drug-likeness (QED) is 0.487. The van der Waals surface area contributed by atoms with Crippen molar-refractivity contribution in [2.24, 2.45) is 0 Å². The van der Waals surface area contributed by atoms with Crippen LogP contribution in [0.5, 0.6) is 17.2 Å². The second-order valence-corrected chi connectivity index (χ2v) is 4.64. The molecule has 1 heterocycles. The summed E-state index contributed by atoms with van der Waals surface area (Å²) in [5.74, 6) is 0.940. The third-order valence-electron chi connectivity index (χ3n) is 3.09. The normalized spacial score (nSPS) is 10.7. The van der Waals surface area contributed by atoms with Crippen LogP contribution in [-0.4, -0.2) is 15.3 Å². The van der Waals surface area contributed by atoms with Crippen molar-refractivity contribution in [1.29, 1.82) is 0 Å². The summed E-state index contributed by atoms with van der Waals surface area (Å²) in [5.41, 5.74) is 1.14. The van der Waals surface area contributed by atoms with Gasteiger partial charge in [-0.1, -0.05) is 0 Å². The van der Waals surface area contributed by atoms with Crippen molar-refractivity contribution in [1.82, 2.24) is 0 Å². The summed E-state index contributed by atoms with van der Waals surface area (Å²) in [6, 6.07) is 12.8. The summed E-state index contributed by atoms with van der Waals surface area (Å²) in [4.78, 5) is 0. The molecule has 0 spiro atoms. The highest BCUT2D eigenvalue weighted by Crippen LogP contribution is 2.25. The molecule has 0 aliphatic carbocycles. The molecule has 0 unspecified atom stereocenters. The number of hydrogen-bond acceptors (Lipinski definition) is 3. The molecular formula is C17H13ClO4. The Balaban J connectivity index is 0.00000176. The Hall–Kier alpha value is -2.72. The fourth-order valence-electron chi connectivity index (χ4n) is 2.03. The molecule has 4 nitrogen and oxygen atoms in total. The Bertz CT molecular complexity index is 843. The van der Waals surface area contributed by atoms with Crippen LogP contribution in [0.3, 0.4) is 0 Å². The molecule has 3 N–H and O–H groups in total. The minimum atomic E-state index is 0. The van der Waals surface area contributed by atoms with Crippen LogP contribution < -0.4 is 12.4 Å². The topological polar surface area (TPSA) is 72.0 Å². The first kappa shape index (κ1) is 15.7. The van der Waals surface area contributed by atoms with Gasteiger partial charge in [0.25, 0.3) is 0 Å². The predicted molar refractivity (Wildman–Crippen MR) is 81.0 cm³/mol. The summed E-state index contributed by atoms with van der Waals surface area (Å²) < 4.78 is 5.67. The van der Waals surface area contributed by atoms with Crippen LogP contribution in [0.25, 0.3) is 23.1 Å². The number of rotatable bonds is 2. The van der Waals surface area contributed by atoms with Crippen molar-refractivity contribution in [3.63, 3.8) is 0 Å². The Morgan fingerprint density at radius 2 is 1.50 bits per heavy atom. The maximum Gasteiger partial charge on any atom is 0.361 e. The van der Waals surface area contributed by atoms with Crippen molar-refractivity contribution in [2.75, 3.05) is 0 Å². The summed E-state index contributed by atoms with van der Waals surface area (Å²) >= 11 is 0. The van der Waals surface area contributed by atoms with E-state index in [1.54, 1.807) is 36.4 Å². The van der Waals surface area contributed by atoms with Gasteiger partial charge in [-0.3, -0.25) is 0 Å². The van der Waals surface area contributed by atoms with Crippen LogP contribution in [-0.2, 0) is 0 Å².